The average molecular weight is 347 g/mol. The van der Waals surface area contributed by atoms with Gasteiger partial charge in [0.2, 0.25) is 0 Å². The van der Waals surface area contributed by atoms with Crippen LogP contribution < -0.4 is 5.32 Å². The topological polar surface area (TPSA) is 132 Å². The number of carbonyl (C=O) groups excluding carboxylic acids is 1. The lowest BCUT2D eigenvalue weighted by molar-refractivity contribution is -0.112. The molecule has 8 nitrogen and oxygen atoms in total. The van der Waals surface area contributed by atoms with E-state index in [4.69, 9.17) is 0 Å². The lowest BCUT2D eigenvalue weighted by Gasteiger charge is -2.09. The number of carbonyl (C=O) groups is 2. The number of amides is 1. The predicted octanol–water partition coefficient (Wildman–Crippen LogP) is 2.71. The van der Waals surface area contributed by atoms with E-state index in [-0.39, 0.29) is 11.5 Å². The molecule has 0 aliphatic heterocycles. The van der Waals surface area contributed by atoms with Gasteiger partial charge in [0, 0.05) is 23.0 Å². The van der Waals surface area contributed by atoms with Crippen molar-refractivity contribution in [3.8, 4) is 17.3 Å². The van der Waals surface area contributed by atoms with Gasteiger partial charge < -0.3 is 15.4 Å². The Balaban J connectivity index is 2.21. The summed E-state index contributed by atoms with van der Waals surface area (Å²) in [7, 11) is 0. The van der Waals surface area contributed by atoms with E-state index < -0.39 is 5.97 Å². The monoisotopic (exact) mass is 347 g/mol. The molecule has 0 unspecified atom stereocenters. The second kappa shape index (κ2) is 6.49. The fourth-order valence-electron chi connectivity index (χ4n) is 2.49. The smallest absolute Gasteiger partial charge is 0.338 e. The van der Waals surface area contributed by atoms with E-state index in [9.17, 15) is 20.0 Å². The van der Waals surface area contributed by atoms with Gasteiger partial charge in [-0.2, -0.15) is 5.26 Å². The molecule has 3 aromatic rings. The molecule has 8 heteroatoms. The molecular weight excluding hydrogens is 334 g/mol. The normalized spacial score (nSPS) is 10.3. The zero-order valence-electron chi connectivity index (χ0n) is 13.7. The largest absolute Gasteiger partial charge is 0.478 e. The summed E-state index contributed by atoms with van der Waals surface area (Å²) in [6.07, 6.45) is 2.63. The Kier molecular flexibility index (Phi) is 4.21. The van der Waals surface area contributed by atoms with Crippen LogP contribution in [0.3, 0.4) is 0 Å². The van der Waals surface area contributed by atoms with Gasteiger partial charge in [0.1, 0.15) is 12.0 Å². The number of benzene rings is 1. The van der Waals surface area contributed by atoms with Crippen molar-refractivity contribution >= 4 is 28.6 Å². The minimum absolute atomic E-state index is 0.0190. The molecule has 0 aliphatic carbocycles. The molecule has 26 heavy (non-hydrogen) atoms. The summed E-state index contributed by atoms with van der Waals surface area (Å²) in [6.45, 7) is 5.14. The Morgan fingerprint density at radius 3 is 2.73 bits per heavy atom. The first-order valence-corrected chi connectivity index (χ1v) is 7.48. The fraction of sp³-hybridized carbons (Fsp3) is 0.0556. The fourth-order valence-corrected chi connectivity index (χ4v) is 2.49. The molecule has 0 aliphatic rings. The molecular formula is C18H13N5O3. The van der Waals surface area contributed by atoms with Crippen LogP contribution in [0.1, 0.15) is 22.8 Å². The van der Waals surface area contributed by atoms with Gasteiger partial charge in [0.15, 0.2) is 0 Å². The van der Waals surface area contributed by atoms with E-state index in [1.165, 1.54) is 18.6 Å². The molecule has 128 valence electrons. The number of hydrogen-bond acceptors (Lipinski definition) is 5. The molecule has 2 aromatic heterocycles. The molecule has 0 saturated carbocycles. The molecule has 1 amide bonds. The molecule has 0 saturated heterocycles. The highest BCUT2D eigenvalue weighted by Gasteiger charge is 2.18. The number of hydrogen-bond donors (Lipinski definition) is 3. The van der Waals surface area contributed by atoms with Crippen LogP contribution in [0.25, 0.3) is 22.3 Å². The van der Waals surface area contributed by atoms with Gasteiger partial charge in [-0.3, -0.25) is 4.79 Å². The van der Waals surface area contributed by atoms with Crippen LogP contribution in [-0.4, -0.2) is 31.9 Å². The van der Waals surface area contributed by atoms with Crippen LogP contribution in [0.15, 0.2) is 42.9 Å². The maximum Gasteiger partial charge on any atom is 0.338 e. The van der Waals surface area contributed by atoms with Crippen LogP contribution in [-0.2, 0) is 4.79 Å². The number of nitrogens with one attached hydrogen (secondary N) is 2. The zero-order chi connectivity index (χ0) is 18.8. The van der Waals surface area contributed by atoms with E-state index in [1.807, 2.05) is 6.07 Å². The highest BCUT2D eigenvalue weighted by atomic mass is 16.4. The second-order valence-electron chi connectivity index (χ2n) is 5.60. The molecule has 2 heterocycles. The van der Waals surface area contributed by atoms with E-state index in [2.05, 4.69) is 26.8 Å². The highest BCUT2D eigenvalue weighted by molar-refractivity contribution is 6.08. The lowest BCUT2D eigenvalue weighted by atomic mass is 10.0. The third-order valence-electron chi connectivity index (χ3n) is 3.68. The SMILES string of the molecule is C=C(C)C(=O)Nc1cc(C#N)cc(-c2ncnc3[nH]cc(C(=O)O)c23)c1. The summed E-state index contributed by atoms with van der Waals surface area (Å²) in [5.41, 5.74) is 2.20. The molecule has 0 fully saturated rings. The average Bonchev–Trinajstić information content (AvgIpc) is 3.05. The van der Waals surface area contributed by atoms with Crippen molar-refractivity contribution in [2.75, 3.05) is 5.32 Å². The van der Waals surface area contributed by atoms with Gasteiger partial charge in [-0.25, -0.2) is 14.8 Å². The van der Waals surface area contributed by atoms with E-state index >= 15 is 0 Å². The Morgan fingerprint density at radius 1 is 1.31 bits per heavy atom. The van der Waals surface area contributed by atoms with Crippen molar-refractivity contribution in [3.63, 3.8) is 0 Å². The van der Waals surface area contributed by atoms with Crippen molar-refractivity contribution in [2.45, 2.75) is 6.92 Å². The summed E-state index contributed by atoms with van der Waals surface area (Å²) in [5, 5.41) is 21.6. The standard InChI is InChI=1S/C18H13N5O3/c1-9(2)17(24)23-12-4-10(6-19)3-11(5-12)15-14-13(18(25)26)7-20-16(14)22-8-21-15/h3-5,7-8H,1H2,2H3,(H,23,24)(H,25,26)(H,20,21,22). The van der Waals surface area contributed by atoms with Crippen molar-refractivity contribution in [1.82, 2.24) is 15.0 Å². The van der Waals surface area contributed by atoms with Crippen molar-refractivity contribution in [2.24, 2.45) is 0 Å². The number of anilines is 1. The number of H-pyrrole nitrogens is 1. The van der Waals surface area contributed by atoms with Crippen LogP contribution >= 0.6 is 0 Å². The van der Waals surface area contributed by atoms with Crippen LogP contribution in [0.4, 0.5) is 5.69 Å². The van der Waals surface area contributed by atoms with Gasteiger partial charge >= 0.3 is 5.97 Å². The molecule has 0 bridgehead atoms. The number of carboxylic acid groups (broad SMARTS) is 1. The van der Waals surface area contributed by atoms with Gasteiger partial charge in [-0.05, 0) is 25.1 Å². The maximum absolute atomic E-state index is 11.9. The first-order chi connectivity index (χ1) is 12.4. The first kappa shape index (κ1) is 16.9. The lowest BCUT2D eigenvalue weighted by Crippen LogP contribution is -2.12. The molecule has 3 N–H and O–H groups in total. The highest BCUT2D eigenvalue weighted by Crippen LogP contribution is 2.30. The summed E-state index contributed by atoms with van der Waals surface area (Å²) < 4.78 is 0. The summed E-state index contributed by atoms with van der Waals surface area (Å²) in [4.78, 5) is 34.4. The molecule has 0 atom stereocenters. The molecule has 0 radical (unpaired) electrons. The number of aromatic nitrogens is 3. The van der Waals surface area contributed by atoms with Gasteiger partial charge in [-0.1, -0.05) is 6.58 Å². The number of aromatic carboxylic acids is 1. The first-order valence-electron chi connectivity index (χ1n) is 7.48. The minimum atomic E-state index is -1.13. The van der Waals surface area contributed by atoms with Crippen molar-refractivity contribution in [3.05, 3.63) is 54.0 Å². The third kappa shape index (κ3) is 3.01. The van der Waals surface area contributed by atoms with Crippen LogP contribution in [0.2, 0.25) is 0 Å². The van der Waals surface area contributed by atoms with Crippen molar-refractivity contribution < 1.29 is 14.7 Å². The van der Waals surface area contributed by atoms with Crippen LogP contribution in [0, 0.1) is 11.3 Å². The Bertz CT molecular complexity index is 1110. The van der Waals surface area contributed by atoms with Gasteiger partial charge in [0.05, 0.1) is 28.3 Å². The number of nitrogens with zero attached hydrogens (tertiary/aromatic N) is 3. The third-order valence-corrected chi connectivity index (χ3v) is 3.68. The quantitative estimate of drug-likeness (QED) is 0.622. The van der Waals surface area contributed by atoms with E-state index in [0.29, 0.717) is 39.1 Å². The second-order valence-corrected chi connectivity index (χ2v) is 5.60. The Hall–Kier alpha value is -3.99. The van der Waals surface area contributed by atoms with Crippen molar-refractivity contribution in [1.29, 1.82) is 5.26 Å². The number of nitriles is 1. The summed E-state index contributed by atoms with van der Waals surface area (Å²) >= 11 is 0. The summed E-state index contributed by atoms with van der Waals surface area (Å²) in [5.74, 6) is -1.51. The molecule has 3 rings (SSSR count). The Labute approximate surface area is 147 Å². The zero-order valence-corrected chi connectivity index (χ0v) is 13.7. The predicted molar refractivity (Wildman–Crippen MR) is 94.4 cm³/mol. The number of carboxylic acids is 1. The van der Waals surface area contributed by atoms with Crippen LogP contribution in [0.5, 0.6) is 0 Å². The summed E-state index contributed by atoms with van der Waals surface area (Å²) in [6, 6.07) is 6.71. The minimum Gasteiger partial charge on any atom is -0.478 e. The molecule has 1 aromatic carbocycles. The Morgan fingerprint density at radius 2 is 2.08 bits per heavy atom. The van der Waals surface area contributed by atoms with E-state index in [1.54, 1.807) is 19.1 Å². The number of aromatic amines is 1. The van der Waals surface area contributed by atoms with Gasteiger partial charge in [-0.15, -0.1) is 0 Å². The number of rotatable bonds is 4. The van der Waals surface area contributed by atoms with E-state index in [0.717, 1.165) is 0 Å². The number of fused-ring (bicyclic) bond motifs is 1. The molecule has 0 spiro atoms. The van der Waals surface area contributed by atoms with Gasteiger partial charge in [0.25, 0.3) is 5.91 Å². The maximum atomic E-state index is 11.9.